The zero-order valence-corrected chi connectivity index (χ0v) is 13.6. The van der Waals surface area contributed by atoms with Gasteiger partial charge in [-0.2, -0.15) is 5.10 Å². The first-order valence-corrected chi connectivity index (χ1v) is 7.77. The molecule has 1 aromatic heterocycles. The topological polar surface area (TPSA) is 44.5 Å². The van der Waals surface area contributed by atoms with Gasteiger partial charge in [-0.25, -0.2) is 4.68 Å². The summed E-state index contributed by atoms with van der Waals surface area (Å²) in [6, 6.07) is 7.85. The standard InChI is InChI=1S/C16H21ClN4O/c1-19(2)15-10-20(11-16(15)22)8-12-7-18-21(9-12)14-6-4-3-5-13(14)17/h3-7,9,15-16,22H,8,10-11H2,1-2H3/t15-,16-/m1/s1. The Morgan fingerprint density at radius 2 is 2.09 bits per heavy atom. The van der Waals surface area contributed by atoms with Crippen LogP contribution in [0, 0.1) is 0 Å². The zero-order valence-electron chi connectivity index (χ0n) is 12.9. The molecule has 5 nitrogen and oxygen atoms in total. The molecule has 118 valence electrons. The van der Waals surface area contributed by atoms with E-state index >= 15 is 0 Å². The van der Waals surface area contributed by atoms with Crippen LogP contribution in [0.4, 0.5) is 0 Å². The van der Waals surface area contributed by atoms with Gasteiger partial charge in [0.05, 0.1) is 23.0 Å². The van der Waals surface area contributed by atoms with Crippen LogP contribution in [0.3, 0.4) is 0 Å². The molecule has 1 aromatic carbocycles. The number of β-amino-alcohol motifs (C(OH)–C–C–N with tert-alkyl or cyclic N) is 1. The molecule has 3 rings (SSSR count). The highest BCUT2D eigenvalue weighted by Gasteiger charge is 2.32. The minimum atomic E-state index is -0.298. The molecule has 1 fully saturated rings. The molecule has 0 radical (unpaired) electrons. The molecule has 22 heavy (non-hydrogen) atoms. The molecule has 2 aromatic rings. The Bertz CT molecular complexity index is 643. The van der Waals surface area contributed by atoms with Crippen LogP contribution in [0.2, 0.25) is 5.02 Å². The number of benzene rings is 1. The summed E-state index contributed by atoms with van der Waals surface area (Å²) in [7, 11) is 4.01. The molecule has 6 heteroatoms. The monoisotopic (exact) mass is 320 g/mol. The fraction of sp³-hybridized carbons (Fsp3) is 0.438. The number of likely N-dealkylation sites (N-methyl/N-ethyl adjacent to an activating group) is 1. The van der Waals surface area contributed by atoms with E-state index in [0.29, 0.717) is 11.6 Å². The highest BCUT2D eigenvalue weighted by Crippen LogP contribution is 2.21. The van der Waals surface area contributed by atoms with Crippen LogP contribution in [-0.4, -0.2) is 64.0 Å². The van der Waals surface area contributed by atoms with Crippen LogP contribution in [0.1, 0.15) is 5.56 Å². The van der Waals surface area contributed by atoms with Crippen LogP contribution >= 0.6 is 11.6 Å². The van der Waals surface area contributed by atoms with Gasteiger partial charge in [0.1, 0.15) is 0 Å². The van der Waals surface area contributed by atoms with Gasteiger partial charge in [0, 0.05) is 37.4 Å². The van der Waals surface area contributed by atoms with Gasteiger partial charge in [0.25, 0.3) is 0 Å². The lowest BCUT2D eigenvalue weighted by Crippen LogP contribution is -2.37. The predicted molar refractivity (Wildman–Crippen MR) is 87.3 cm³/mol. The fourth-order valence-corrected chi connectivity index (χ4v) is 3.18. The summed E-state index contributed by atoms with van der Waals surface area (Å²) in [5.74, 6) is 0. The summed E-state index contributed by atoms with van der Waals surface area (Å²) in [4.78, 5) is 4.33. The number of aromatic nitrogens is 2. The third-order valence-corrected chi connectivity index (χ3v) is 4.46. The lowest BCUT2D eigenvalue weighted by Gasteiger charge is -2.21. The third-order valence-electron chi connectivity index (χ3n) is 4.14. The smallest absolute Gasteiger partial charge is 0.0834 e. The Hall–Kier alpha value is -1.40. The molecule has 0 bridgehead atoms. The minimum Gasteiger partial charge on any atom is -0.390 e. The number of para-hydroxylation sites is 1. The van der Waals surface area contributed by atoms with Crippen molar-refractivity contribution in [2.24, 2.45) is 0 Å². The Morgan fingerprint density at radius 1 is 1.32 bits per heavy atom. The summed E-state index contributed by atoms with van der Waals surface area (Å²) in [6.45, 7) is 2.34. The van der Waals surface area contributed by atoms with Crippen molar-refractivity contribution in [3.8, 4) is 5.69 Å². The van der Waals surface area contributed by atoms with E-state index in [-0.39, 0.29) is 12.1 Å². The molecule has 1 N–H and O–H groups in total. The van der Waals surface area contributed by atoms with Crippen molar-refractivity contribution in [2.45, 2.75) is 18.7 Å². The van der Waals surface area contributed by atoms with Crippen LogP contribution in [0.25, 0.3) is 5.69 Å². The molecule has 0 amide bonds. The molecule has 2 atom stereocenters. The van der Waals surface area contributed by atoms with Crippen molar-refractivity contribution in [1.29, 1.82) is 0 Å². The van der Waals surface area contributed by atoms with Crippen molar-refractivity contribution >= 4 is 11.6 Å². The van der Waals surface area contributed by atoms with Gasteiger partial charge >= 0.3 is 0 Å². The first kappa shape index (κ1) is 15.5. The third kappa shape index (κ3) is 3.17. The van der Waals surface area contributed by atoms with Gasteiger partial charge in [-0.3, -0.25) is 4.90 Å². The number of aliphatic hydroxyl groups is 1. The van der Waals surface area contributed by atoms with E-state index in [0.717, 1.165) is 24.3 Å². The number of aliphatic hydroxyl groups excluding tert-OH is 1. The largest absolute Gasteiger partial charge is 0.390 e. The van der Waals surface area contributed by atoms with E-state index in [1.54, 1.807) is 4.68 Å². The van der Waals surface area contributed by atoms with E-state index in [9.17, 15) is 5.11 Å². The van der Waals surface area contributed by atoms with E-state index < -0.39 is 0 Å². The van der Waals surface area contributed by atoms with Crippen molar-refractivity contribution in [2.75, 3.05) is 27.2 Å². The number of nitrogens with zero attached hydrogens (tertiary/aromatic N) is 4. The molecule has 1 aliphatic rings. The second-order valence-corrected chi connectivity index (χ2v) is 6.44. The van der Waals surface area contributed by atoms with Gasteiger partial charge < -0.3 is 10.0 Å². The van der Waals surface area contributed by atoms with Gasteiger partial charge in [0.15, 0.2) is 0 Å². The first-order valence-electron chi connectivity index (χ1n) is 7.40. The minimum absolute atomic E-state index is 0.193. The van der Waals surface area contributed by atoms with Crippen molar-refractivity contribution < 1.29 is 5.11 Å². The van der Waals surface area contributed by atoms with E-state index in [2.05, 4.69) is 14.9 Å². The summed E-state index contributed by atoms with van der Waals surface area (Å²) in [5, 5.41) is 15.2. The second kappa shape index (κ2) is 6.38. The maximum Gasteiger partial charge on any atom is 0.0834 e. The second-order valence-electron chi connectivity index (χ2n) is 6.04. The Balaban J connectivity index is 1.69. The lowest BCUT2D eigenvalue weighted by molar-refractivity contribution is 0.112. The van der Waals surface area contributed by atoms with E-state index in [1.165, 1.54) is 0 Å². The summed E-state index contributed by atoms with van der Waals surface area (Å²) in [5.41, 5.74) is 1.99. The quantitative estimate of drug-likeness (QED) is 0.930. The number of likely N-dealkylation sites (tertiary alicyclic amines) is 1. The Kier molecular flexibility index (Phi) is 4.49. The molecule has 0 aliphatic carbocycles. The number of hydrogen-bond donors (Lipinski definition) is 1. The molecular weight excluding hydrogens is 300 g/mol. The Labute approximate surface area is 135 Å². The van der Waals surface area contributed by atoms with Gasteiger partial charge in [-0.05, 0) is 26.2 Å². The molecule has 2 heterocycles. The molecule has 0 unspecified atom stereocenters. The van der Waals surface area contributed by atoms with Crippen LogP contribution in [0.15, 0.2) is 36.7 Å². The fourth-order valence-electron chi connectivity index (χ4n) is 2.95. The molecule has 1 saturated heterocycles. The van der Waals surface area contributed by atoms with Crippen molar-refractivity contribution in [3.63, 3.8) is 0 Å². The van der Waals surface area contributed by atoms with Crippen LogP contribution in [-0.2, 0) is 6.54 Å². The first-order chi connectivity index (χ1) is 10.5. The highest BCUT2D eigenvalue weighted by atomic mass is 35.5. The number of halogens is 1. The highest BCUT2D eigenvalue weighted by molar-refractivity contribution is 6.32. The molecular formula is C16H21ClN4O. The summed E-state index contributed by atoms with van der Waals surface area (Å²) < 4.78 is 1.80. The molecule has 0 spiro atoms. The summed E-state index contributed by atoms with van der Waals surface area (Å²) >= 11 is 6.20. The van der Waals surface area contributed by atoms with Gasteiger partial charge in [-0.1, -0.05) is 23.7 Å². The normalized spacial score (nSPS) is 22.6. The van der Waals surface area contributed by atoms with Gasteiger partial charge in [-0.15, -0.1) is 0 Å². The Morgan fingerprint density at radius 3 is 2.77 bits per heavy atom. The van der Waals surface area contributed by atoms with Crippen LogP contribution < -0.4 is 0 Å². The zero-order chi connectivity index (χ0) is 15.7. The molecule has 0 saturated carbocycles. The maximum atomic E-state index is 10.1. The van der Waals surface area contributed by atoms with E-state index in [1.807, 2.05) is 50.8 Å². The average molecular weight is 321 g/mol. The predicted octanol–water partition coefficient (Wildman–Crippen LogP) is 1.63. The SMILES string of the molecule is CN(C)[C@@H]1CN(Cc2cnn(-c3ccccc3Cl)c2)C[C@H]1O. The lowest BCUT2D eigenvalue weighted by atomic mass is 10.2. The van der Waals surface area contributed by atoms with Crippen molar-refractivity contribution in [1.82, 2.24) is 19.6 Å². The number of rotatable bonds is 4. The number of hydrogen-bond acceptors (Lipinski definition) is 4. The van der Waals surface area contributed by atoms with Crippen LogP contribution in [0.5, 0.6) is 0 Å². The summed E-state index contributed by atoms with van der Waals surface area (Å²) in [6.07, 6.45) is 3.56. The maximum absolute atomic E-state index is 10.1. The molecule has 1 aliphatic heterocycles. The van der Waals surface area contributed by atoms with E-state index in [4.69, 9.17) is 11.6 Å². The van der Waals surface area contributed by atoms with Gasteiger partial charge in [0.2, 0.25) is 0 Å². The van der Waals surface area contributed by atoms with Crippen molar-refractivity contribution in [3.05, 3.63) is 47.2 Å². The average Bonchev–Trinajstić information content (AvgIpc) is 3.07.